The Hall–Kier alpha value is -1.75. The molecule has 1 unspecified atom stereocenters. The molecular weight excluding hydrogens is 266 g/mol. The third kappa shape index (κ3) is 2.83. The first-order valence-corrected chi connectivity index (χ1v) is 7.74. The van der Waals surface area contributed by atoms with Crippen molar-refractivity contribution in [3.63, 3.8) is 0 Å². The fourth-order valence-corrected chi connectivity index (χ4v) is 3.33. The summed E-state index contributed by atoms with van der Waals surface area (Å²) in [5, 5.41) is 0. The van der Waals surface area contributed by atoms with E-state index in [2.05, 4.69) is 4.90 Å². The molecular formula is C16H23N3O2. The number of piperazine rings is 1. The molecule has 0 bridgehead atoms. The number of amides is 1. The maximum atomic E-state index is 12.6. The van der Waals surface area contributed by atoms with Crippen LogP contribution in [0.5, 0.6) is 5.75 Å². The van der Waals surface area contributed by atoms with E-state index in [1.54, 1.807) is 12.1 Å². The number of nitrogen functional groups attached to an aromatic ring is 1. The smallest absolute Gasteiger partial charge is 0.254 e. The molecule has 0 saturated carbocycles. The minimum atomic E-state index is 0.0799. The largest absolute Gasteiger partial charge is 0.492 e. The van der Waals surface area contributed by atoms with Gasteiger partial charge in [0.25, 0.3) is 5.91 Å². The van der Waals surface area contributed by atoms with Crippen LogP contribution in [-0.2, 0) is 0 Å². The second-order valence-electron chi connectivity index (χ2n) is 5.77. The van der Waals surface area contributed by atoms with Crippen LogP contribution in [0, 0.1) is 0 Å². The second-order valence-corrected chi connectivity index (χ2v) is 5.77. The molecule has 2 aliphatic heterocycles. The van der Waals surface area contributed by atoms with Gasteiger partial charge in [-0.3, -0.25) is 9.69 Å². The highest BCUT2D eigenvalue weighted by atomic mass is 16.5. The average Bonchev–Trinajstić information content (AvgIpc) is 2.96. The molecule has 3 rings (SSSR count). The van der Waals surface area contributed by atoms with Gasteiger partial charge in [-0.15, -0.1) is 0 Å². The second kappa shape index (κ2) is 5.93. The number of hydrogen-bond donors (Lipinski definition) is 1. The molecule has 5 nitrogen and oxygen atoms in total. The number of rotatable bonds is 3. The summed E-state index contributed by atoms with van der Waals surface area (Å²) >= 11 is 0. The van der Waals surface area contributed by atoms with Gasteiger partial charge in [-0.1, -0.05) is 0 Å². The Morgan fingerprint density at radius 2 is 2.24 bits per heavy atom. The molecule has 5 heteroatoms. The van der Waals surface area contributed by atoms with E-state index in [-0.39, 0.29) is 5.91 Å². The first-order chi connectivity index (χ1) is 10.2. The van der Waals surface area contributed by atoms with Crippen LogP contribution in [0.2, 0.25) is 0 Å². The summed E-state index contributed by atoms with van der Waals surface area (Å²) in [6, 6.07) is 5.87. The third-order valence-electron chi connectivity index (χ3n) is 4.43. The van der Waals surface area contributed by atoms with Crippen LogP contribution < -0.4 is 10.5 Å². The SMILES string of the molecule is CCOc1ccc(C(=O)N2CCN3CCCC3C2)cc1N. The van der Waals surface area contributed by atoms with Crippen molar-refractivity contribution in [1.82, 2.24) is 9.80 Å². The van der Waals surface area contributed by atoms with Gasteiger partial charge in [-0.2, -0.15) is 0 Å². The van der Waals surface area contributed by atoms with Crippen molar-refractivity contribution in [3.8, 4) is 5.75 Å². The lowest BCUT2D eigenvalue weighted by Gasteiger charge is -2.37. The van der Waals surface area contributed by atoms with Crippen LogP contribution in [-0.4, -0.2) is 54.5 Å². The van der Waals surface area contributed by atoms with Crippen LogP contribution >= 0.6 is 0 Å². The molecule has 0 radical (unpaired) electrons. The summed E-state index contributed by atoms with van der Waals surface area (Å²) in [6.07, 6.45) is 2.46. The first-order valence-electron chi connectivity index (χ1n) is 7.74. The van der Waals surface area contributed by atoms with E-state index in [0.29, 0.717) is 29.6 Å². The van der Waals surface area contributed by atoms with E-state index in [0.717, 1.165) is 19.6 Å². The zero-order valence-corrected chi connectivity index (χ0v) is 12.5. The molecule has 2 fully saturated rings. The summed E-state index contributed by atoms with van der Waals surface area (Å²) in [6.45, 7) is 6.31. The molecule has 1 aromatic rings. The molecule has 2 heterocycles. The number of carbonyl (C=O) groups excluding carboxylic acids is 1. The van der Waals surface area contributed by atoms with E-state index >= 15 is 0 Å². The quantitative estimate of drug-likeness (QED) is 0.859. The van der Waals surface area contributed by atoms with Gasteiger partial charge in [0.05, 0.1) is 12.3 Å². The minimum absolute atomic E-state index is 0.0799. The highest BCUT2D eigenvalue weighted by molar-refractivity contribution is 5.95. The molecule has 2 saturated heterocycles. The number of nitrogens with two attached hydrogens (primary N) is 1. The third-order valence-corrected chi connectivity index (χ3v) is 4.43. The molecule has 1 aromatic carbocycles. The van der Waals surface area contributed by atoms with E-state index in [1.807, 2.05) is 17.9 Å². The number of anilines is 1. The number of nitrogens with zero attached hydrogens (tertiary/aromatic N) is 2. The van der Waals surface area contributed by atoms with Gasteiger partial charge < -0.3 is 15.4 Å². The van der Waals surface area contributed by atoms with Gasteiger partial charge in [0.1, 0.15) is 5.75 Å². The number of fused-ring (bicyclic) bond motifs is 1. The predicted octanol–water partition coefficient (Wildman–Crippen LogP) is 1.59. The molecule has 0 aliphatic carbocycles. The summed E-state index contributed by atoms with van der Waals surface area (Å²) in [7, 11) is 0. The number of carbonyl (C=O) groups is 1. The lowest BCUT2D eigenvalue weighted by atomic mass is 10.1. The predicted molar refractivity (Wildman–Crippen MR) is 82.5 cm³/mol. The van der Waals surface area contributed by atoms with Crippen molar-refractivity contribution in [3.05, 3.63) is 23.8 Å². The van der Waals surface area contributed by atoms with E-state index in [4.69, 9.17) is 10.5 Å². The highest BCUT2D eigenvalue weighted by Gasteiger charge is 2.32. The molecule has 0 spiro atoms. The normalized spacial score (nSPS) is 22.1. The highest BCUT2D eigenvalue weighted by Crippen LogP contribution is 2.25. The Morgan fingerprint density at radius 3 is 3.00 bits per heavy atom. The first kappa shape index (κ1) is 14.2. The molecule has 2 aliphatic rings. The van der Waals surface area contributed by atoms with Crippen LogP contribution in [0.3, 0.4) is 0 Å². The fraction of sp³-hybridized carbons (Fsp3) is 0.562. The van der Waals surface area contributed by atoms with E-state index in [1.165, 1.54) is 19.4 Å². The zero-order chi connectivity index (χ0) is 14.8. The Labute approximate surface area is 125 Å². The Morgan fingerprint density at radius 1 is 1.38 bits per heavy atom. The summed E-state index contributed by atoms with van der Waals surface area (Å²) < 4.78 is 5.42. The maximum absolute atomic E-state index is 12.6. The number of hydrogen-bond acceptors (Lipinski definition) is 4. The van der Waals surface area contributed by atoms with Crippen molar-refractivity contribution in [1.29, 1.82) is 0 Å². The van der Waals surface area contributed by atoms with Crippen molar-refractivity contribution < 1.29 is 9.53 Å². The molecule has 1 amide bonds. The standard InChI is InChI=1S/C16H23N3O2/c1-2-21-15-6-5-12(10-14(15)17)16(20)19-9-8-18-7-3-4-13(18)11-19/h5-6,10,13H,2-4,7-9,11,17H2,1H3. The monoisotopic (exact) mass is 289 g/mol. The minimum Gasteiger partial charge on any atom is -0.492 e. The van der Waals surface area contributed by atoms with Gasteiger partial charge in [-0.05, 0) is 44.5 Å². The van der Waals surface area contributed by atoms with Gasteiger partial charge in [0, 0.05) is 31.2 Å². The molecule has 2 N–H and O–H groups in total. The van der Waals surface area contributed by atoms with Crippen molar-refractivity contribution in [2.45, 2.75) is 25.8 Å². The van der Waals surface area contributed by atoms with Crippen molar-refractivity contribution in [2.75, 3.05) is 38.5 Å². The van der Waals surface area contributed by atoms with Crippen LogP contribution in [0.25, 0.3) is 0 Å². The Balaban J connectivity index is 1.71. The Bertz CT molecular complexity index is 532. The summed E-state index contributed by atoms with van der Waals surface area (Å²) in [5.74, 6) is 0.728. The molecule has 21 heavy (non-hydrogen) atoms. The molecule has 0 aromatic heterocycles. The van der Waals surface area contributed by atoms with Crippen LogP contribution in [0.4, 0.5) is 5.69 Å². The van der Waals surface area contributed by atoms with Gasteiger partial charge >= 0.3 is 0 Å². The lowest BCUT2D eigenvalue weighted by Crippen LogP contribution is -2.52. The Kier molecular flexibility index (Phi) is 4.01. The topological polar surface area (TPSA) is 58.8 Å². The number of benzene rings is 1. The number of ether oxygens (including phenoxy) is 1. The summed E-state index contributed by atoms with van der Waals surface area (Å²) in [5.41, 5.74) is 7.14. The zero-order valence-electron chi connectivity index (χ0n) is 12.5. The van der Waals surface area contributed by atoms with Gasteiger partial charge in [-0.25, -0.2) is 0 Å². The maximum Gasteiger partial charge on any atom is 0.254 e. The van der Waals surface area contributed by atoms with Crippen molar-refractivity contribution >= 4 is 11.6 Å². The van der Waals surface area contributed by atoms with E-state index in [9.17, 15) is 4.79 Å². The average molecular weight is 289 g/mol. The van der Waals surface area contributed by atoms with Crippen molar-refractivity contribution in [2.24, 2.45) is 0 Å². The molecule has 1 atom stereocenters. The van der Waals surface area contributed by atoms with Crippen LogP contribution in [0.15, 0.2) is 18.2 Å². The summed E-state index contributed by atoms with van der Waals surface area (Å²) in [4.78, 5) is 17.1. The van der Waals surface area contributed by atoms with Crippen LogP contribution in [0.1, 0.15) is 30.1 Å². The molecule has 114 valence electrons. The van der Waals surface area contributed by atoms with Gasteiger partial charge in [0.2, 0.25) is 0 Å². The van der Waals surface area contributed by atoms with E-state index < -0.39 is 0 Å². The van der Waals surface area contributed by atoms with Gasteiger partial charge in [0.15, 0.2) is 0 Å². The lowest BCUT2D eigenvalue weighted by molar-refractivity contribution is 0.0571. The fourth-order valence-electron chi connectivity index (χ4n) is 3.33.